The van der Waals surface area contributed by atoms with Crippen LogP contribution in [0, 0.1) is 5.92 Å². The molecule has 0 N–H and O–H groups in total. The molecule has 1 aliphatic heterocycles. The molecule has 0 atom stereocenters. The summed E-state index contributed by atoms with van der Waals surface area (Å²) in [6.45, 7) is 23.8. The van der Waals surface area contributed by atoms with Crippen LogP contribution in [0.25, 0.3) is 0 Å². The molecule has 1 amide bonds. The number of hydrogen-bond donors (Lipinski definition) is 0. The highest BCUT2D eigenvalue weighted by Crippen LogP contribution is 2.22. The lowest BCUT2D eigenvalue weighted by atomic mass is 9.93. The molecule has 1 rings (SSSR count). The highest BCUT2D eigenvalue weighted by molar-refractivity contribution is 5.78. The molecule has 1 heterocycles. The smallest absolute Gasteiger partial charge is 0.236 e. The Balaban J connectivity index is 2.70. The maximum absolute atomic E-state index is 14.0. The van der Waals surface area contributed by atoms with Gasteiger partial charge < -0.3 is 14.7 Å². The maximum atomic E-state index is 14.0. The predicted molar refractivity (Wildman–Crippen MR) is 269 cm³/mol. The van der Waals surface area contributed by atoms with Crippen molar-refractivity contribution in [2.24, 2.45) is 5.92 Å². The van der Waals surface area contributed by atoms with Crippen molar-refractivity contribution in [2.75, 3.05) is 72.0 Å². The van der Waals surface area contributed by atoms with Gasteiger partial charge in [0.15, 0.2) is 0 Å². The zero-order valence-corrected chi connectivity index (χ0v) is 42.2. The molecule has 5 nitrogen and oxygen atoms in total. The summed E-state index contributed by atoms with van der Waals surface area (Å²) in [5, 5.41) is 0. The normalized spacial score (nSPS) is 13.8. The van der Waals surface area contributed by atoms with Gasteiger partial charge in [-0.15, -0.1) is 0 Å². The van der Waals surface area contributed by atoms with Gasteiger partial charge >= 0.3 is 0 Å². The molecule has 1 fully saturated rings. The highest BCUT2D eigenvalue weighted by Gasteiger charge is 2.25. The first-order valence-corrected chi connectivity index (χ1v) is 28.0. The van der Waals surface area contributed by atoms with E-state index in [4.69, 9.17) is 0 Å². The topological polar surface area (TPSA) is 30.0 Å². The number of carbonyl (C=O) groups is 1. The third-order valence-corrected chi connectivity index (χ3v) is 14.1. The van der Waals surface area contributed by atoms with Crippen LogP contribution in [0.3, 0.4) is 0 Å². The average Bonchev–Trinajstić information content (AvgIpc) is 3.26. The standard InChI is InChI=1S/C55H112N4O/c1-6-11-16-21-26-31-36-44-56(43-35-30-25-20-15-10-5)48-40-54-41-49-59(50-42-54)55(60)53-58(47-39-34-29-24-19-14-9-4)52-51-57(45-37-32-27-22-17-12-7-2)46-38-33-28-23-18-13-8-3/h54H,6-53H2,1-5H3. The van der Waals surface area contributed by atoms with Crippen molar-refractivity contribution in [2.45, 2.75) is 272 Å². The van der Waals surface area contributed by atoms with Crippen LogP contribution in [0.2, 0.25) is 0 Å². The van der Waals surface area contributed by atoms with E-state index in [9.17, 15) is 4.79 Å². The lowest BCUT2D eigenvalue weighted by Crippen LogP contribution is -2.46. The van der Waals surface area contributed by atoms with Crippen LogP contribution in [-0.4, -0.2) is 97.5 Å². The van der Waals surface area contributed by atoms with E-state index in [0.717, 1.165) is 38.6 Å². The Bertz CT molecular complexity index is 841. The van der Waals surface area contributed by atoms with Crippen LogP contribution in [0.15, 0.2) is 0 Å². The van der Waals surface area contributed by atoms with Crippen LogP contribution < -0.4 is 0 Å². The van der Waals surface area contributed by atoms with E-state index < -0.39 is 0 Å². The highest BCUT2D eigenvalue weighted by atomic mass is 16.2. The van der Waals surface area contributed by atoms with Crippen LogP contribution >= 0.6 is 0 Å². The molecule has 60 heavy (non-hydrogen) atoms. The van der Waals surface area contributed by atoms with Crippen LogP contribution in [0.4, 0.5) is 0 Å². The first kappa shape index (κ1) is 57.4. The van der Waals surface area contributed by atoms with Crippen LogP contribution in [-0.2, 0) is 4.79 Å². The monoisotopic (exact) mass is 845 g/mol. The second kappa shape index (κ2) is 44.9. The maximum Gasteiger partial charge on any atom is 0.236 e. The van der Waals surface area contributed by atoms with E-state index >= 15 is 0 Å². The zero-order chi connectivity index (χ0) is 43.4. The van der Waals surface area contributed by atoms with E-state index in [-0.39, 0.29) is 0 Å². The van der Waals surface area contributed by atoms with Crippen LogP contribution in [0.5, 0.6) is 0 Å². The Morgan fingerprint density at radius 1 is 0.350 bits per heavy atom. The molecule has 1 saturated heterocycles. The SMILES string of the molecule is CCCCCCCCCN(CCCCCCCC)CCC1CCN(C(=O)CN(CCCCCCCCC)CCN(CCCCCCCCC)CCCCCCCCC)CC1. The van der Waals surface area contributed by atoms with Crippen molar-refractivity contribution in [1.82, 2.24) is 19.6 Å². The van der Waals surface area contributed by atoms with Crippen molar-refractivity contribution in [3.63, 3.8) is 0 Å². The quantitative estimate of drug-likeness (QED) is 0.0571. The molecule has 0 bridgehead atoms. The summed E-state index contributed by atoms with van der Waals surface area (Å²) in [6, 6.07) is 0. The number of carbonyl (C=O) groups excluding carboxylic acids is 1. The van der Waals surface area contributed by atoms with Crippen molar-refractivity contribution < 1.29 is 4.79 Å². The van der Waals surface area contributed by atoms with Gasteiger partial charge in [0, 0.05) is 26.2 Å². The molecule has 0 unspecified atom stereocenters. The molecule has 0 spiro atoms. The molecule has 0 radical (unpaired) electrons. The minimum Gasteiger partial charge on any atom is -0.342 e. The number of piperidine rings is 1. The number of rotatable bonds is 47. The number of unbranched alkanes of at least 4 members (excludes halogenated alkanes) is 29. The first-order chi connectivity index (χ1) is 29.6. The molecule has 5 heteroatoms. The van der Waals surface area contributed by atoms with Crippen molar-refractivity contribution in [1.29, 1.82) is 0 Å². The number of nitrogens with zero attached hydrogens (tertiary/aromatic N) is 4. The number of likely N-dealkylation sites (tertiary alicyclic amines) is 1. The molecular weight excluding hydrogens is 733 g/mol. The zero-order valence-electron chi connectivity index (χ0n) is 42.2. The van der Waals surface area contributed by atoms with E-state index in [1.54, 1.807) is 0 Å². The fourth-order valence-corrected chi connectivity index (χ4v) is 9.64. The molecule has 358 valence electrons. The van der Waals surface area contributed by atoms with Gasteiger partial charge in [-0.2, -0.15) is 0 Å². The van der Waals surface area contributed by atoms with E-state index in [1.165, 1.54) is 270 Å². The van der Waals surface area contributed by atoms with Crippen LogP contribution in [0.1, 0.15) is 272 Å². The van der Waals surface area contributed by atoms with E-state index in [1.807, 2.05) is 0 Å². The van der Waals surface area contributed by atoms with E-state index in [2.05, 4.69) is 54.2 Å². The van der Waals surface area contributed by atoms with Gasteiger partial charge in [-0.05, 0) is 96.6 Å². The summed E-state index contributed by atoms with van der Waals surface area (Å²) in [6.07, 6.45) is 50.6. The average molecular weight is 846 g/mol. The third kappa shape index (κ3) is 35.8. The van der Waals surface area contributed by atoms with Gasteiger partial charge in [-0.1, -0.05) is 221 Å². The minimum atomic E-state index is 0.408. The fourth-order valence-electron chi connectivity index (χ4n) is 9.64. The van der Waals surface area contributed by atoms with Gasteiger partial charge in [0.05, 0.1) is 6.54 Å². The Kier molecular flexibility index (Phi) is 43.0. The summed E-state index contributed by atoms with van der Waals surface area (Å²) >= 11 is 0. The predicted octanol–water partition coefficient (Wildman–Crippen LogP) is 15.9. The number of amides is 1. The lowest BCUT2D eigenvalue weighted by Gasteiger charge is -2.35. The summed E-state index contributed by atoms with van der Waals surface area (Å²) in [5.74, 6) is 1.19. The Morgan fingerprint density at radius 3 is 0.950 bits per heavy atom. The Hall–Kier alpha value is -0.650. The molecular formula is C55H112N4O. The molecule has 0 aliphatic carbocycles. The second-order valence-corrected chi connectivity index (χ2v) is 19.8. The minimum absolute atomic E-state index is 0.408. The van der Waals surface area contributed by atoms with Gasteiger partial charge in [-0.3, -0.25) is 9.69 Å². The van der Waals surface area contributed by atoms with Gasteiger partial charge in [0.2, 0.25) is 5.91 Å². The second-order valence-electron chi connectivity index (χ2n) is 19.8. The van der Waals surface area contributed by atoms with Gasteiger partial charge in [0.25, 0.3) is 0 Å². The molecule has 0 saturated carbocycles. The first-order valence-electron chi connectivity index (χ1n) is 28.0. The summed E-state index contributed by atoms with van der Waals surface area (Å²) in [7, 11) is 0. The van der Waals surface area contributed by atoms with Crippen molar-refractivity contribution >= 4 is 5.91 Å². The van der Waals surface area contributed by atoms with Gasteiger partial charge in [-0.25, -0.2) is 0 Å². The largest absolute Gasteiger partial charge is 0.342 e. The Labute approximate surface area is 379 Å². The van der Waals surface area contributed by atoms with Gasteiger partial charge in [0.1, 0.15) is 0 Å². The Morgan fingerprint density at radius 2 is 0.617 bits per heavy atom. The fraction of sp³-hybridized carbons (Fsp3) is 0.982. The van der Waals surface area contributed by atoms with Crippen molar-refractivity contribution in [3.8, 4) is 0 Å². The van der Waals surface area contributed by atoms with E-state index in [0.29, 0.717) is 12.5 Å². The molecule has 1 aliphatic rings. The molecule has 0 aromatic rings. The summed E-state index contributed by atoms with van der Waals surface area (Å²) in [4.78, 5) is 24.4. The molecule has 0 aromatic carbocycles. The van der Waals surface area contributed by atoms with Crippen molar-refractivity contribution in [3.05, 3.63) is 0 Å². The molecule has 0 aromatic heterocycles. The number of hydrogen-bond acceptors (Lipinski definition) is 4. The summed E-state index contributed by atoms with van der Waals surface area (Å²) < 4.78 is 0. The summed E-state index contributed by atoms with van der Waals surface area (Å²) in [5.41, 5.74) is 0. The third-order valence-electron chi connectivity index (χ3n) is 14.1. The lowest BCUT2D eigenvalue weighted by molar-refractivity contribution is -0.134.